The number of nitriles is 2. The first-order chi connectivity index (χ1) is 21.2. The van der Waals surface area contributed by atoms with Gasteiger partial charge in [0, 0.05) is 37.0 Å². The van der Waals surface area contributed by atoms with Gasteiger partial charge >= 0.3 is 0 Å². The standard InChI is InChI=1S/C37H19N5S/c38-20-22-15-17-31-28(19-22)24-8-1-3-11-29(24)41(31)33-13-6-14-34(40-33)42-30-12-4-2-9-27(30)35-32(42)18-16-26-25-10-5-7-23(21-39)36(25)43-37(26)35/h1-19H. The van der Waals surface area contributed by atoms with E-state index in [2.05, 4.69) is 88.0 Å². The molecule has 6 heteroatoms. The van der Waals surface area contributed by atoms with Crippen molar-refractivity contribution < 1.29 is 0 Å². The summed E-state index contributed by atoms with van der Waals surface area (Å²) in [6.07, 6.45) is 0. The molecule has 0 aliphatic carbocycles. The van der Waals surface area contributed by atoms with Crippen LogP contribution in [0.1, 0.15) is 11.1 Å². The first-order valence-corrected chi connectivity index (χ1v) is 14.8. The topological polar surface area (TPSA) is 70.3 Å². The monoisotopic (exact) mass is 565 g/mol. The van der Waals surface area contributed by atoms with E-state index < -0.39 is 0 Å². The summed E-state index contributed by atoms with van der Waals surface area (Å²) in [6.45, 7) is 0. The molecule has 0 N–H and O–H groups in total. The number of thiophene rings is 1. The van der Waals surface area contributed by atoms with Crippen molar-refractivity contribution in [1.82, 2.24) is 14.1 Å². The zero-order valence-corrected chi connectivity index (χ0v) is 23.4. The van der Waals surface area contributed by atoms with Crippen LogP contribution in [0.2, 0.25) is 0 Å². The summed E-state index contributed by atoms with van der Waals surface area (Å²) in [6, 6.07) is 43.7. The lowest BCUT2D eigenvalue weighted by molar-refractivity contribution is 1.01. The number of para-hydroxylation sites is 2. The number of hydrogen-bond acceptors (Lipinski definition) is 4. The molecule has 0 saturated carbocycles. The lowest BCUT2D eigenvalue weighted by Crippen LogP contribution is -2.03. The largest absolute Gasteiger partial charge is 0.294 e. The number of rotatable bonds is 2. The molecule has 5 nitrogen and oxygen atoms in total. The summed E-state index contributed by atoms with van der Waals surface area (Å²) < 4.78 is 6.62. The zero-order chi connectivity index (χ0) is 28.7. The number of aromatic nitrogens is 3. The Balaban J connectivity index is 1.35. The van der Waals surface area contributed by atoms with Crippen LogP contribution < -0.4 is 0 Å². The summed E-state index contributed by atoms with van der Waals surface area (Å²) >= 11 is 1.69. The Bertz CT molecular complexity index is 2710. The van der Waals surface area contributed by atoms with Crippen LogP contribution in [-0.4, -0.2) is 14.1 Å². The number of benzene rings is 5. The fourth-order valence-electron chi connectivity index (χ4n) is 6.59. The summed E-state index contributed by atoms with van der Waals surface area (Å²) in [5.74, 6) is 1.63. The smallest absolute Gasteiger partial charge is 0.140 e. The van der Waals surface area contributed by atoms with E-state index in [1.165, 1.54) is 10.1 Å². The van der Waals surface area contributed by atoms with Gasteiger partial charge in [-0.2, -0.15) is 10.5 Å². The molecule has 0 spiro atoms. The normalized spacial score (nSPS) is 11.7. The molecule has 0 aliphatic rings. The molecule has 0 atom stereocenters. The second-order valence-electron chi connectivity index (χ2n) is 10.6. The minimum Gasteiger partial charge on any atom is -0.294 e. The molecule has 9 rings (SSSR count). The number of nitrogens with zero attached hydrogens (tertiary/aromatic N) is 5. The maximum Gasteiger partial charge on any atom is 0.140 e. The third-order valence-electron chi connectivity index (χ3n) is 8.40. The Labute approximate surface area is 249 Å². The lowest BCUT2D eigenvalue weighted by Gasteiger charge is -2.11. The summed E-state index contributed by atoms with van der Waals surface area (Å²) in [7, 11) is 0. The minimum atomic E-state index is 0.636. The fourth-order valence-corrected chi connectivity index (χ4v) is 7.91. The van der Waals surface area contributed by atoms with E-state index in [-0.39, 0.29) is 0 Å². The summed E-state index contributed by atoms with van der Waals surface area (Å²) in [5, 5.41) is 26.1. The Kier molecular flexibility index (Phi) is 4.84. The fraction of sp³-hybridized carbons (Fsp3) is 0. The number of hydrogen-bond donors (Lipinski definition) is 0. The highest BCUT2D eigenvalue weighted by atomic mass is 32.1. The van der Waals surface area contributed by atoms with Gasteiger partial charge in [0.15, 0.2) is 0 Å². The molecule has 198 valence electrons. The number of pyridine rings is 1. The van der Waals surface area contributed by atoms with Crippen molar-refractivity contribution in [2.75, 3.05) is 0 Å². The molecule has 0 unspecified atom stereocenters. The minimum absolute atomic E-state index is 0.636. The van der Waals surface area contributed by atoms with Crippen LogP contribution >= 0.6 is 11.3 Å². The van der Waals surface area contributed by atoms with Gasteiger partial charge in [-0.3, -0.25) is 9.13 Å². The van der Waals surface area contributed by atoms with E-state index >= 15 is 0 Å². The first kappa shape index (κ1) is 23.7. The highest BCUT2D eigenvalue weighted by molar-refractivity contribution is 7.27. The molecule has 0 bridgehead atoms. The molecule has 0 aliphatic heterocycles. The SMILES string of the molecule is N#Cc1ccc2c(c1)c1ccccc1n2-c1cccc(-n2c3ccccc3c3c4sc5c(C#N)cccc5c4ccc32)n1. The quantitative estimate of drug-likeness (QED) is 0.210. The van der Waals surface area contributed by atoms with Crippen LogP contribution in [0, 0.1) is 22.7 Å². The van der Waals surface area contributed by atoms with Gasteiger partial charge in [0.25, 0.3) is 0 Å². The maximum absolute atomic E-state index is 9.79. The van der Waals surface area contributed by atoms with E-state index in [0.29, 0.717) is 11.1 Å². The Hall–Kier alpha value is -5.95. The van der Waals surface area contributed by atoms with E-state index in [1.807, 2.05) is 48.5 Å². The van der Waals surface area contributed by atoms with Crippen LogP contribution in [0.15, 0.2) is 115 Å². The molecule has 43 heavy (non-hydrogen) atoms. The third-order valence-corrected chi connectivity index (χ3v) is 9.67. The average Bonchev–Trinajstić information content (AvgIpc) is 3.72. The first-order valence-electron chi connectivity index (χ1n) is 13.9. The Morgan fingerprint density at radius 3 is 1.93 bits per heavy atom. The van der Waals surface area contributed by atoms with Gasteiger partial charge in [0.1, 0.15) is 17.7 Å². The Morgan fingerprint density at radius 2 is 1.14 bits per heavy atom. The van der Waals surface area contributed by atoms with Crippen molar-refractivity contribution in [1.29, 1.82) is 10.5 Å². The van der Waals surface area contributed by atoms with Crippen LogP contribution in [-0.2, 0) is 0 Å². The van der Waals surface area contributed by atoms with Crippen molar-refractivity contribution >= 4 is 75.1 Å². The predicted molar refractivity (Wildman–Crippen MR) is 175 cm³/mol. The van der Waals surface area contributed by atoms with Crippen molar-refractivity contribution in [2.45, 2.75) is 0 Å². The third kappa shape index (κ3) is 3.21. The van der Waals surface area contributed by atoms with Gasteiger partial charge < -0.3 is 0 Å². The van der Waals surface area contributed by atoms with E-state index in [1.54, 1.807) is 11.3 Å². The van der Waals surface area contributed by atoms with Gasteiger partial charge in [-0.25, -0.2) is 4.98 Å². The van der Waals surface area contributed by atoms with Crippen molar-refractivity contribution in [3.63, 3.8) is 0 Å². The van der Waals surface area contributed by atoms with E-state index in [0.717, 1.165) is 65.3 Å². The van der Waals surface area contributed by atoms with Gasteiger partial charge in [0.05, 0.1) is 44.0 Å². The lowest BCUT2D eigenvalue weighted by atomic mass is 10.1. The average molecular weight is 566 g/mol. The molecule has 0 fully saturated rings. The molecular weight excluding hydrogens is 547 g/mol. The molecule has 4 aromatic heterocycles. The molecule has 0 amide bonds. The van der Waals surface area contributed by atoms with Gasteiger partial charge in [-0.15, -0.1) is 11.3 Å². The summed E-state index contributed by atoms with van der Waals surface area (Å²) in [5.41, 5.74) is 5.54. The second kappa shape index (κ2) is 8.77. The zero-order valence-electron chi connectivity index (χ0n) is 22.6. The van der Waals surface area contributed by atoms with Crippen molar-refractivity contribution in [3.8, 4) is 23.8 Å². The van der Waals surface area contributed by atoms with Crippen LogP contribution in [0.4, 0.5) is 0 Å². The molecule has 5 aromatic carbocycles. The molecule has 9 aromatic rings. The van der Waals surface area contributed by atoms with E-state index in [4.69, 9.17) is 4.98 Å². The Morgan fingerprint density at radius 1 is 0.512 bits per heavy atom. The van der Waals surface area contributed by atoms with Gasteiger partial charge in [-0.05, 0) is 54.6 Å². The molecule has 0 saturated heterocycles. The van der Waals surface area contributed by atoms with Crippen molar-refractivity contribution in [2.24, 2.45) is 0 Å². The van der Waals surface area contributed by atoms with Crippen LogP contribution in [0.3, 0.4) is 0 Å². The highest BCUT2D eigenvalue weighted by Crippen LogP contribution is 2.44. The van der Waals surface area contributed by atoms with Crippen LogP contribution in [0.5, 0.6) is 0 Å². The number of fused-ring (bicyclic) bond motifs is 10. The molecular formula is C37H19N5S. The second-order valence-corrected chi connectivity index (χ2v) is 11.7. The maximum atomic E-state index is 9.79. The molecule has 0 radical (unpaired) electrons. The van der Waals surface area contributed by atoms with Gasteiger partial charge in [0.2, 0.25) is 0 Å². The predicted octanol–water partition coefficient (Wildman–Crippen LogP) is 9.39. The van der Waals surface area contributed by atoms with E-state index in [9.17, 15) is 10.5 Å². The van der Waals surface area contributed by atoms with Crippen molar-refractivity contribution in [3.05, 3.63) is 126 Å². The van der Waals surface area contributed by atoms with Gasteiger partial charge in [-0.1, -0.05) is 60.7 Å². The van der Waals surface area contributed by atoms with Crippen LogP contribution in [0.25, 0.3) is 75.4 Å². The highest BCUT2D eigenvalue weighted by Gasteiger charge is 2.20. The summed E-state index contributed by atoms with van der Waals surface area (Å²) in [4.78, 5) is 5.27. The molecule has 4 heterocycles.